The van der Waals surface area contributed by atoms with Crippen molar-refractivity contribution in [3.63, 3.8) is 0 Å². The van der Waals surface area contributed by atoms with E-state index in [0.717, 1.165) is 10.1 Å². The second-order valence-electron chi connectivity index (χ2n) is 7.14. The zero-order chi connectivity index (χ0) is 22.7. The number of fused-ring (bicyclic) bond motifs is 1. The maximum atomic E-state index is 13.0. The van der Waals surface area contributed by atoms with Gasteiger partial charge in [-0.3, -0.25) is 9.36 Å². The van der Waals surface area contributed by atoms with E-state index in [1.165, 1.54) is 4.57 Å². The van der Waals surface area contributed by atoms with Gasteiger partial charge >= 0.3 is 5.69 Å². The van der Waals surface area contributed by atoms with Crippen molar-refractivity contribution in [1.82, 2.24) is 18.7 Å². The van der Waals surface area contributed by atoms with Crippen LogP contribution in [0.5, 0.6) is 5.75 Å². The zero-order valence-corrected chi connectivity index (χ0v) is 17.8. The summed E-state index contributed by atoms with van der Waals surface area (Å²) in [5.74, 6) is 9.41. The highest BCUT2D eigenvalue weighted by Gasteiger charge is 2.21. The van der Waals surface area contributed by atoms with E-state index in [1.54, 1.807) is 24.8 Å². The van der Waals surface area contributed by atoms with E-state index < -0.39 is 17.5 Å². The maximum Gasteiger partial charge on any atom is 0.333 e. The first kappa shape index (κ1) is 21.4. The first-order valence-electron chi connectivity index (χ1n) is 10.1. The number of aryl methyl sites for hydroxylation is 2. The smallest absolute Gasteiger partial charge is 0.333 e. The van der Waals surface area contributed by atoms with Crippen LogP contribution in [0.3, 0.4) is 0 Å². The van der Waals surface area contributed by atoms with E-state index in [4.69, 9.17) is 20.6 Å². The Hall–Kier alpha value is -3.79. The number of ether oxygens (including phenoxy) is 3. The SMILES string of the molecule is C#CCn1c(=O)c2c(nc(C#Cc3cccc(OC)c3)n2C)n(CCC2OCCO2)c1=O. The summed E-state index contributed by atoms with van der Waals surface area (Å²) in [6.07, 6.45) is 5.43. The third kappa shape index (κ3) is 4.04. The molecular formula is C23H22N4O5. The van der Waals surface area contributed by atoms with Crippen LogP contribution in [-0.2, 0) is 29.6 Å². The fourth-order valence-electron chi connectivity index (χ4n) is 3.54. The lowest BCUT2D eigenvalue weighted by Gasteiger charge is -2.12. The fourth-order valence-corrected chi connectivity index (χ4v) is 3.54. The molecule has 1 aliphatic rings. The number of hydrogen-bond donors (Lipinski definition) is 0. The van der Waals surface area contributed by atoms with Crippen LogP contribution in [0.15, 0.2) is 33.9 Å². The van der Waals surface area contributed by atoms with Crippen LogP contribution in [0.2, 0.25) is 0 Å². The Bertz CT molecular complexity index is 1370. The number of benzene rings is 1. The van der Waals surface area contributed by atoms with Crippen LogP contribution >= 0.6 is 0 Å². The Labute approximate surface area is 184 Å². The number of terminal acetylenes is 1. The van der Waals surface area contributed by atoms with E-state index in [-0.39, 0.29) is 24.3 Å². The monoisotopic (exact) mass is 434 g/mol. The molecule has 2 aromatic heterocycles. The summed E-state index contributed by atoms with van der Waals surface area (Å²) >= 11 is 0. The van der Waals surface area contributed by atoms with Crippen LogP contribution in [0.25, 0.3) is 11.2 Å². The second kappa shape index (κ2) is 9.15. The topological polar surface area (TPSA) is 89.5 Å². The Balaban J connectivity index is 1.82. The van der Waals surface area contributed by atoms with E-state index in [1.807, 2.05) is 18.2 Å². The Kier molecular flexibility index (Phi) is 6.13. The largest absolute Gasteiger partial charge is 0.497 e. The van der Waals surface area contributed by atoms with Crippen molar-refractivity contribution in [3.8, 4) is 29.9 Å². The summed E-state index contributed by atoms with van der Waals surface area (Å²) < 4.78 is 20.2. The summed E-state index contributed by atoms with van der Waals surface area (Å²) in [5.41, 5.74) is 0.210. The van der Waals surface area contributed by atoms with Gasteiger partial charge in [0.25, 0.3) is 5.56 Å². The predicted molar refractivity (Wildman–Crippen MR) is 117 cm³/mol. The molecule has 3 aromatic rings. The summed E-state index contributed by atoms with van der Waals surface area (Å²) in [7, 11) is 3.27. The molecule has 1 fully saturated rings. The highest BCUT2D eigenvalue weighted by Crippen LogP contribution is 2.14. The minimum Gasteiger partial charge on any atom is -0.497 e. The van der Waals surface area contributed by atoms with Crippen molar-refractivity contribution in [2.75, 3.05) is 20.3 Å². The molecule has 0 radical (unpaired) electrons. The molecule has 1 aromatic carbocycles. The average molecular weight is 434 g/mol. The maximum absolute atomic E-state index is 13.0. The van der Waals surface area contributed by atoms with Crippen LogP contribution in [0.1, 0.15) is 17.8 Å². The first-order valence-corrected chi connectivity index (χ1v) is 10.1. The predicted octanol–water partition coefficient (Wildman–Crippen LogP) is 0.701. The van der Waals surface area contributed by atoms with Crippen LogP contribution in [0, 0.1) is 24.2 Å². The highest BCUT2D eigenvalue weighted by molar-refractivity contribution is 5.72. The van der Waals surface area contributed by atoms with Crippen molar-refractivity contribution >= 4 is 11.2 Å². The van der Waals surface area contributed by atoms with Crippen molar-refractivity contribution in [3.05, 3.63) is 56.5 Å². The van der Waals surface area contributed by atoms with Gasteiger partial charge in [0.1, 0.15) is 5.75 Å². The van der Waals surface area contributed by atoms with Crippen LogP contribution in [0.4, 0.5) is 0 Å². The van der Waals surface area contributed by atoms with Gasteiger partial charge in [0.2, 0.25) is 0 Å². The van der Waals surface area contributed by atoms with Gasteiger partial charge in [-0.1, -0.05) is 17.9 Å². The fraction of sp³-hybridized carbons (Fsp3) is 0.348. The van der Waals surface area contributed by atoms with E-state index in [2.05, 4.69) is 22.7 Å². The zero-order valence-electron chi connectivity index (χ0n) is 17.8. The summed E-state index contributed by atoms with van der Waals surface area (Å²) in [5, 5.41) is 0. The number of methoxy groups -OCH3 is 1. The molecule has 0 aliphatic carbocycles. The van der Waals surface area contributed by atoms with Gasteiger partial charge in [-0.15, -0.1) is 6.42 Å². The molecule has 0 amide bonds. The second-order valence-corrected chi connectivity index (χ2v) is 7.14. The molecule has 1 saturated heterocycles. The molecule has 3 heterocycles. The van der Waals surface area contributed by atoms with Crippen LogP contribution in [-0.4, -0.2) is 45.3 Å². The third-order valence-corrected chi connectivity index (χ3v) is 5.16. The molecule has 32 heavy (non-hydrogen) atoms. The molecule has 9 heteroatoms. The van der Waals surface area contributed by atoms with Crippen molar-refractivity contribution in [2.24, 2.45) is 7.05 Å². The Morgan fingerprint density at radius 1 is 1.22 bits per heavy atom. The molecular weight excluding hydrogens is 412 g/mol. The molecule has 0 unspecified atom stereocenters. The lowest BCUT2D eigenvalue weighted by Crippen LogP contribution is -2.40. The van der Waals surface area contributed by atoms with E-state index in [9.17, 15) is 9.59 Å². The standard InChI is InChI=1S/C23H22N4O5/c1-4-11-27-22(28)20-21(26(23(27)29)12-10-19-31-13-14-32-19)24-18(25(20)2)9-8-16-6-5-7-17(15-16)30-3/h1,5-7,15,19H,10-14H2,2-3H3. The molecule has 4 rings (SSSR count). The highest BCUT2D eigenvalue weighted by atomic mass is 16.7. The average Bonchev–Trinajstić information content (AvgIpc) is 3.43. The first-order chi connectivity index (χ1) is 15.5. The molecule has 9 nitrogen and oxygen atoms in total. The van der Waals surface area contributed by atoms with Gasteiger partial charge in [-0.05, 0) is 24.1 Å². The molecule has 1 aliphatic heterocycles. The summed E-state index contributed by atoms with van der Waals surface area (Å²) in [6.45, 7) is 1.14. The lowest BCUT2D eigenvalue weighted by molar-refractivity contribution is -0.0491. The summed E-state index contributed by atoms with van der Waals surface area (Å²) in [6, 6.07) is 7.30. The number of aromatic nitrogens is 4. The molecule has 0 N–H and O–H groups in total. The molecule has 0 bridgehead atoms. The molecule has 0 saturated carbocycles. The van der Waals surface area contributed by atoms with Gasteiger partial charge in [0.05, 0.1) is 26.9 Å². The summed E-state index contributed by atoms with van der Waals surface area (Å²) in [4.78, 5) is 30.6. The van der Waals surface area contributed by atoms with Gasteiger partial charge in [0.15, 0.2) is 23.3 Å². The quantitative estimate of drug-likeness (QED) is 0.550. The van der Waals surface area contributed by atoms with Crippen LogP contribution < -0.4 is 16.0 Å². The van der Waals surface area contributed by atoms with Crippen molar-refractivity contribution in [2.45, 2.75) is 25.8 Å². The van der Waals surface area contributed by atoms with E-state index in [0.29, 0.717) is 31.2 Å². The van der Waals surface area contributed by atoms with Gasteiger partial charge < -0.3 is 18.8 Å². The molecule has 0 spiro atoms. The number of rotatable bonds is 5. The lowest BCUT2D eigenvalue weighted by atomic mass is 10.2. The number of nitrogens with zero attached hydrogens (tertiary/aromatic N) is 4. The third-order valence-electron chi connectivity index (χ3n) is 5.16. The van der Waals surface area contributed by atoms with Crippen molar-refractivity contribution < 1.29 is 14.2 Å². The van der Waals surface area contributed by atoms with Gasteiger partial charge in [0, 0.05) is 25.6 Å². The number of imidazole rings is 1. The minimum atomic E-state index is -0.524. The number of hydrogen-bond acceptors (Lipinski definition) is 6. The minimum absolute atomic E-state index is 0.139. The molecule has 0 atom stereocenters. The van der Waals surface area contributed by atoms with Crippen molar-refractivity contribution in [1.29, 1.82) is 0 Å². The van der Waals surface area contributed by atoms with E-state index >= 15 is 0 Å². The molecule has 164 valence electrons. The normalized spacial score (nSPS) is 13.7. The van der Waals surface area contributed by atoms with Gasteiger partial charge in [-0.2, -0.15) is 0 Å². The van der Waals surface area contributed by atoms with Gasteiger partial charge in [-0.25, -0.2) is 14.3 Å². The Morgan fingerprint density at radius 3 is 2.72 bits per heavy atom. The Morgan fingerprint density at radius 2 is 2.00 bits per heavy atom.